The van der Waals surface area contributed by atoms with E-state index in [9.17, 15) is 13.2 Å². The molecule has 37 heavy (non-hydrogen) atoms. The van der Waals surface area contributed by atoms with E-state index in [0.717, 1.165) is 29.7 Å². The van der Waals surface area contributed by atoms with Gasteiger partial charge >= 0.3 is 16.3 Å². The molecule has 1 aromatic rings. The van der Waals surface area contributed by atoms with Crippen LogP contribution in [0.3, 0.4) is 0 Å². The maximum absolute atomic E-state index is 13.2. The lowest BCUT2D eigenvalue weighted by atomic mass is 9.70. The van der Waals surface area contributed by atoms with Crippen LogP contribution in [0.4, 0.5) is 0 Å². The summed E-state index contributed by atoms with van der Waals surface area (Å²) in [5.74, 6) is 0.846. The van der Waals surface area contributed by atoms with Crippen LogP contribution in [0.25, 0.3) is 0 Å². The number of aromatic nitrogens is 2. The summed E-state index contributed by atoms with van der Waals surface area (Å²) in [7, 11) is -4.08. The summed E-state index contributed by atoms with van der Waals surface area (Å²) in [6.07, 6.45) is 15.4. The van der Waals surface area contributed by atoms with Gasteiger partial charge in [-0.05, 0) is 62.7 Å². The Kier molecular flexibility index (Phi) is 7.35. The van der Waals surface area contributed by atoms with Crippen molar-refractivity contribution in [2.24, 2.45) is 29.6 Å². The molecule has 2 saturated heterocycles. The molecule has 2 aliphatic carbocycles. The average Bonchev–Trinajstić information content (AvgIpc) is 3.56. The van der Waals surface area contributed by atoms with E-state index < -0.39 is 33.7 Å². The van der Waals surface area contributed by atoms with Gasteiger partial charge in [0, 0.05) is 30.8 Å². The fraction of sp³-hybridized carbons (Fsp3) is 0.786. The molecular formula is C28H42N2O6S. The smallest absolute Gasteiger partial charge is 0.367 e. The second kappa shape index (κ2) is 10.1. The molecule has 4 fully saturated rings. The topological polar surface area (TPSA) is 96.7 Å². The second-order valence-corrected chi connectivity index (χ2v) is 13.9. The Morgan fingerprint density at radius 3 is 2.65 bits per heavy atom. The van der Waals surface area contributed by atoms with Crippen LogP contribution in [0.15, 0.2) is 30.9 Å². The summed E-state index contributed by atoms with van der Waals surface area (Å²) in [5, 5.41) is 0. The number of hydrogen-bond acceptors (Lipinski definition) is 7. The van der Waals surface area contributed by atoms with Crippen LogP contribution >= 0.6 is 0 Å². The zero-order chi connectivity index (χ0) is 26.4. The van der Waals surface area contributed by atoms with E-state index in [0.29, 0.717) is 24.7 Å². The first-order valence-electron chi connectivity index (χ1n) is 14.0. The van der Waals surface area contributed by atoms with Gasteiger partial charge in [-0.25, -0.2) is 17.9 Å². The summed E-state index contributed by atoms with van der Waals surface area (Å²) in [6.45, 7) is 8.47. The lowest BCUT2D eigenvalue weighted by molar-refractivity contribution is -0.254. The minimum Gasteiger partial charge on any atom is -0.456 e. The lowest BCUT2D eigenvalue weighted by Crippen LogP contribution is -2.60. The van der Waals surface area contributed by atoms with Crippen molar-refractivity contribution in [2.45, 2.75) is 109 Å². The van der Waals surface area contributed by atoms with Gasteiger partial charge in [0.15, 0.2) is 0 Å². The Morgan fingerprint density at radius 1 is 1.22 bits per heavy atom. The Hall–Kier alpha value is -1.71. The van der Waals surface area contributed by atoms with Crippen LogP contribution in [0.5, 0.6) is 0 Å². The van der Waals surface area contributed by atoms with Crippen LogP contribution in [-0.4, -0.2) is 46.8 Å². The van der Waals surface area contributed by atoms with Gasteiger partial charge in [-0.3, -0.25) is 0 Å². The van der Waals surface area contributed by atoms with E-state index in [1.807, 2.05) is 13.0 Å². The van der Waals surface area contributed by atoms with Crippen LogP contribution in [0, 0.1) is 29.6 Å². The highest BCUT2D eigenvalue weighted by Gasteiger charge is 2.71. The Balaban J connectivity index is 1.45. The molecule has 5 rings (SSSR count). The van der Waals surface area contributed by atoms with Crippen molar-refractivity contribution in [3.63, 3.8) is 0 Å². The summed E-state index contributed by atoms with van der Waals surface area (Å²) in [4.78, 5) is 17.1. The number of allylic oxidation sites excluding steroid dienone is 1. The number of ether oxygens (including phenoxy) is 2. The van der Waals surface area contributed by atoms with Gasteiger partial charge in [-0.1, -0.05) is 46.1 Å². The molecule has 4 aliphatic rings. The summed E-state index contributed by atoms with van der Waals surface area (Å²) < 4.78 is 46.4. The zero-order valence-corrected chi connectivity index (χ0v) is 23.4. The van der Waals surface area contributed by atoms with Gasteiger partial charge in [0.1, 0.15) is 24.1 Å². The Labute approximate surface area is 221 Å². The number of hydrogen-bond donors (Lipinski definition) is 0. The predicted octanol–water partition coefficient (Wildman–Crippen LogP) is 5.05. The van der Waals surface area contributed by atoms with Crippen molar-refractivity contribution in [1.82, 2.24) is 8.96 Å². The standard InChI is InChI=1S/C28H42N2O6S/c1-19(2)16-28-17-23(35-37(32,33)30-15-14-29-18-30)27(4,36-28)22-12-10-20(3)25(22)26(28)34-24(31)13-11-21-8-6-5-7-9-21/h11,13-15,18-23,25-26H,5-10,12,16-17H2,1-4H3/b13-11+. The highest BCUT2D eigenvalue weighted by Crippen LogP contribution is 2.63. The first-order valence-corrected chi connectivity index (χ1v) is 15.4. The normalized spacial score (nSPS) is 38.4. The molecule has 2 aliphatic heterocycles. The SMILES string of the molecule is CC(C)CC12CC(OS(=O)(=O)n3ccnc3)C(C)(O1)C1CCC(C)C1C2OC(=O)/C=C/C1CCCCC1. The molecule has 2 saturated carbocycles. The third-order valence-electron chi connectivity index (χ3n) is 9.38. The quantitative estimate of drug-likeness (QED) is 0.340. The summed E-state index contributed by atoms with van der Waals surface area (Å²) >= 11 is 0. The van der Waals surface area contributed by atoms with Gasteiger partial charge < -0.3 is 9.47 Å². The molecule has 0 spiro atoms. The maximum Gasteiger partial charge on any atom is 0.367 e. The van der Waals surface area contributed by atoms with Crippen LogP contribution in [0.1, 0.15) is 85.5 Å². The number of imidazole rings is 1. The first kappa shape index (κ1) is 26.9. The first-order chi connectivity index (χ1) is 17.5. The Bertz CT molecular complexity index is 1100. The predicted molar refractivity (Wildman–Crippen MR) is 139 cm³/mol. The number of rotatable bonds is 8. The van der Waals surface area contributed by atoms with E-state index in [4.69, 9.17) is 13.7 Å². The number of esters is 1. The number of carbonyl (C=O) groups is 1. The molecule has 1 aromatic heterocycles. The number of fused-ring (bicyclic) bond motifs is 4. The van der Waals surface area contributed by atoms with E-state index in [-0.39, 0.29) is 23.7 Å². The van der Waals surface area contributed by atoms with Crippen molar-refractivity contribution in [3.8, 4) is 0 Å². The molecule has 0 N–H and O–H groups in total. The zero-order valence-electron chi connectivity index (χ0n) is 22.5. The van der Waals surface area contributed by atoms with E-state index >= 15 is 0 Å². The largest absolute Gasteiger partial charge is 0.456 e. The van der Waals surface area contributed by atoms with Gasteiger partial charge in [0.25, 0.3) is 0 Å². The minimum atomic E-state index is -4.08. The van der Waals surface area contributed by atoms with Gasteiger partial charge in [-0.15, -0.1) is 0 Å². The van der Waals surface area contributed by atoms with Crippen molar-refractivity contribution in [3.05, 3.63) is 30.9 Å². The number of nitrogens with zero attached hydrogens (tertiary/aromatic N) is 2. The van der Waals surface area contributed by atoms with Crippen molar-refractivity contribution < 1.29 is 26.9 Å². The fourth-order valence-corrected chi connectivity index (χ4v) is 8.86. The Morgan fingerprint density at radius 2 is 1.97 bits per heavy atom. The van der Waals surface area contributed by atoms with Crippen LogP contribution in [-0.2, 0) is 28.8 Å². The average molecular weight is 535 g/mol. The van der Waals surface area contributed by atoms with Crippen LogP contribution in [0.2, 0.25) is 0 Å². The van der Waals surface area contributed by atoms with Gasteiger partial charge in [0.2, 0.25) is 0 Å². The molecule has 7 unspecified atom stereocenters. The lowest BCUT2D eigenvalue weighted by Gasteiger charge is -2.52. The maximum atomic E-state index is 13.2. The molecule has 7 atom stereocenters. The molecule has 3 heterocycles. The molecule has 9 heteroatoms. The fourth-order valence-electron chi connectivity index (χ4n) is 7.83. The van der Waals surface area contributed by atoms with Crippen molar-refractivity contribution in [2.75, 3.05) is 0 Å². The molecule has 8 nitrogen and oxygen atoms in total. The van der Waals surface area contributed by atoms with E-state index in [1.165, 1.54) is 38.0 Å². The molecule has 0 aromatic carbocycles. The van der Waals surface area contributed by atoms with Crippen molar-refractivity contribution in [1.29, 1.82) is 0 Å². The monoisotopic (exact) mass is 534 g/mol. The van der Waals surface area contributed by atoms with E-state index in [2.05, 4.69) is 25.8 Å². The number of carbonyl (C=O) groups excluding carboxylic acids is 1. The molecule has 0 amide bonds. The molecule has 0 radical (unpaired) electrons. The summed E-state index contributed by atoms with van der Waals surface area (Å²) in [5.41, 5.74) is -1.59. The highest BCUT2D eigenvalue weighted by molar-refractivity contribution is 7.85. The van der Waals surface area contributed by atoms with Crippen LogP contribution < -0.4 is 0 Å². The third-order valence-corrected chi connectivity index (χ3v) is 10.6. The van der Waals surface area contributed by atoms with E-state index in [1.54, 1.807) is 6.08 Å². The second-order valence-electron chi connectivity index (χ2n) is 12.4. The minimum absolute atomic E-state index is 0.0356. The highest BCUT2D eigenvalue weighted by atomic mass is 32.2. The summed E-state index contributed by atoms with van der Waals surface area (Å²) in [6, 6.07) is 0. The van der Waals surface area contributed by atoms with Crippen molar-refractivity contribution >= 4 is 16.3 Å². The third kappa shape index (κ3) is 5.03. The molecule has 2 bridgehead atoms. The van der Waals surface area contributed by atoms with Gasteiger partial charge in [0.05, 0.1) is 5.60 Å². The molecule has 206 valence electrons. The van der Waals surface area contributed by atoms with Gasteiger partial charge in [-0.2, -0.15) is 8.42 Å². The molecular weight excluding hydrogens is 492 g/mol.